The Labute approximate surface area is 174 Å². The fourth-order valence-corrected chi connectivity index (χ4v) is 3.75. The van der Waals surface area contributed by atoms with E-state index in [0.717, 1.165) is 16.7 Å². The summed E-state index contributed by atoms with van der Waals surface area (Å²) in [5.74, 6) is -0.769. The second-order valence-electron chi connectivity index (χ2n) is 6.47. The van der Waals surface area contributed by atoms with Crippen molar-refractivity contribution in [3.63, 3.8) is 0 Å². The van der Waals surface area contributed by atoms with Crippen LogP contribution in [0.25, 0.3) is 11.1 Å². The highest BCUT2D eigenvalue weighted by Gasteiger charge is 2.36. The molecule has 3 rings (SSSR count). The number of benzene rings is 2. The summed E-state index contributed by atoms with van der Waals surface area (Å²) in [6.07, 6.45) is 2.04. The zero-order chi connectivity index (χ0) is 21.0. The molecule has 148 valence electrons. The molecule has 0 radical (unpaired) electrons. The Bertz CT molecular complexity index is 1020. The molecule has 2 aromatic rings. The van der Waals surface area contributed by atoms with Gasteiger partial charge in [0.1, 0.15) is 17.4 Å². The Kier molecular flexibility index (Phi) is 6.30. The van der Waals surface area contributed by atoms with Gasteiger partial charge in [-0.05, 0) is 48.9 Å². The van der Waals surface area contributed by atoms with Crippen LogP contribution in [-0.2, 0) is 14.3 Å². The molecule has 1 atom stereocenters. The van der Waals surface area contributed by atoms with Crippen molar-refractivity contribution in [3.8, 4) is 17.2 Å². The molecule has 1 aliphatic rings. The number of nitrogens with two attached hydrogens (primary N) is 1. The lowest BCUT2D eigenvalue weighted by Crippen LogP contribution is -2.25. The number of esters is 1. The molecule has 5 nitrogen and oxygen atoms in total. The van der Waals surface area contributed by atoms with E-state index in [1.165, 1.54) is 4.90 Å². The second-order valence-corrected chi connectivity index (χ2v) is 7.35. The quantitative estimate of drug-likeness (QED) is 0.571. The Morgan fingerprint density at radius 2 is 1.76 bits per heavy atom. The highest BCUT2D eigenvalue weighted by Crippen LogP contribution is 2.40. The topological polar surface area (TPSA) is 85.3 Å². The van der Waals surface area contributed by atoms with Crippen LogP contribution in [0.4, 0.5) is 0 Å². The van der Waals surface area contributed by atoms with E-state index >= 15 is 0 Å². The zero-order valence-electron chi connectivity index (χ0n) is 16.6. The predicted molar refractivity (Wildman–Crippen MR) is 114 cm³/mol. The molecule has 0 bridgehead atoms. The van der Waals surface area contributed by atoms with Crippen LogP contribution in [0.15, 0.2) is 76.2 Å². The lowest BCUT2D eigenvalue weighted by Gasteiger charge is -2.27. The van der Waals surface area contributed by atoms with Crippen molar-refractivity contribution in [2.45, 2.75) is 24.7 Å². The van der Waals surface area contributed by atoms with E-state index in [4.69, 9.17) is 15.2 Å². The minimum atomic E-state index is -0.624. The third-order valence-corrected chi connectivity index (χ3v) is 5.51. The van der Waals surface area contributed by atoms with Crippen molar-refractivity contribution in [1.29, 1.82) is 5.26 Å². The van der Waals surface area contributed by atoms with Crippen molar-refractivity contribution in [2.75, 3.05) is 12.9 Å². The first-order valence-electron chi connectivity index (χ1n) is 9.20. The number of nitriles is 1. The van der Waals surface area contributed by atoms with E-state index < -0.39 is 11.9 Å². The molecule has 1 unspecified atom stereocenters. The summed E-state index contributed by atoms with van der Waals surface area (Å²) in [4.78, 5) is 13.8. The van der Waals surface area contributed by atoms with Gasteiger partial charge in [-0.15, -0.1) is 11.8 Å². The minimum absolute atomic E-state index is 0.0137. The number of thioether (sulfide) groups is 1. The molecule has 1 heterocycles. The smallest absolute Gasteiger partial charge is 0.338 e. The number of hydrogen-bond donors (Lipinski definition) is 1. The lowest BCUT2D eigenvalue weighted by atomic mass is 9.82. The summed E-state index contributed by atoms with van der Waals surface area (Å²) < 4.78 is 10.6. The highest BCUT2D eigenvalue weighted by atomic mass is 32.2. The van der Waals surface area contributed by atoms with E-state index in [9.17, 15) is 10.1 Å². The van der Waals surface area contributed by atoms with Crippen LogP contribution in [-0.4, -0.2) is 18.8 Å². The van der Waals surface area contributed by atoms with Crippen LogP contribution in [0, 0.1) is 11.3 Å². The normalized spacial score (nSPS) is 16.3. The summed E-state index contributed by atoms with van der Waals surface area (Å²) in [5.41, 5.74) is 9.36. The van der Waals surface area contributed by atoms with Gasteiger partial charge in [0, 0.05) is 4.90 Å². The average Bonchev–Trinajstić information content (AvgIpc) is 2.73. The van der Waals surface area contributed by atoms with Gasteiger partial charge < -0.3 is 15.2 Å². The molecule has 0 aromatic heterocycles. The van der Waals surface area contributed by atoms with Crippen molar-refractivity contribution in [1.82, 2.24) is 0 Å². The molecule has 0 fully saturated rings. The number of hydrogen-bond acceptors (Lipinski definition) is 6. The molecule has 0 saturated carbocycles. The van der Waals surface area contributed by atoms with Gasteiger partial charge in [0.25, 0.3) is 0 Å². The number of nitrogens with zero attached hydrogens (tertiary/aromatic N) is 1. The molecule has 2 aromatic carbocycles. The van der Waals surface area contributed by atoms with E-state index in [1.54, 1.807) is 25.6 Å². The number of carbonyl (C=O) groups is 1. The molecule has 6 heteroatoms. The molecular weight excluding hydrogens is 384 g/mol. The molecule has 0 aliphatic carbocycles. The van der Waals surface area contributed by atoms with E-state index in [-0.39, 0.29) is 18.1 Å². The third kappa shape index (κ3) is 4.15. The van der Waals surface area contributed by atoms with E-state index in [2.05, 4.69) is 30.3 Å². The Morgan fingerprint density at radius 1 is 1.17 bits per heavy atom. The fraction of sp³-hybridized carbons (Fsp3) is 0.217. The first kappa shape index (κ1) is 20.6. The maximum absolute atomic E-state index is 12.6. The van der Waals surface area contributed by atoms with Crippen LogP contribution in [0.3, 0.4) is 0 Å². The molecular formula is C23H22N2O3S. The van der Waals surface area contributed by atoms with E-state index in [1.807, 2.05) is 30.5 Å². The summed E-state index contributed by atoms with van der Waals surface area (Å²) in [6.45, 7) is 3.62. The molecule has 0 spiro atoms. The van der Waals surface area contributed by atoms with E-state index in [0.29, 0.717) is 11.3 Å². The van der Waals surface area contributed by atoms with Gasteiger partial charge in [-0.2, -0.15) is 5.26 Å². The summed E-state index contributed by atoms with van der Waals surface area (Å²) in [5, 5.41) is 9.65. The Balaban J connectivity index is 2.01. The summed E-state index contributed by atoms with van der Waals surface area (Å²) in [7, 11) is 0. The predicted octanol–water partition coefficient (Wildman–Crippen LogP) is 4.72. The van der Waals surface area contributed by atoms with Gasteiger partial charge in [-0.25, -0.2) is 4.79 Å². The first-order valence-corrected chi connectivity index (χ1v) is 10.4. The minimum Gasteiger partial charge on any atom is -0.463 e. The fourth-order valence-electron chi connectivity index (χ4n) is 3.34. The summed E-state index contributed by atoms with van der Waals surface area (Å²) in [6, 6.07) is 18.2. The largest absolute Gasteiger partial charge is 0.463 e. The molecule has 0 saturated heterocycles. The van der Waals surface area contributed by atoms with Crippen molar-refractivity contribution in [2.24, 2.45) is 5.73 Å². The average molecular weight is 407 g/mol. The van der Waals surface area contributed by atoms with Crippen LogP contribution < -0.4 is 5.73 Å². The van der Waals surface area contributed by atoms with Gasteiger partial charge in [0.15, 0.2) is 0 Å². The molecule has 0 amide bonds. The summed E-state index contributed by atoms with van der Waals surface area (Å²) >= 11 is 1.70. The van der Waals surface area contributed by atoms with Gasteiger partial charge in [0.05, 0.1) is 18.1 Å². The SMILES string of the molecule is CCOC(=O)C1=C(C)OC(N)=C(C#N)C1c1ccc(-c2ccc(SC)cc2)cc1. The number of carbonyl (C=O) groups excluding carboxylic acids is 1. The number of rotatable bonds is 5. The van der Waals surface area contributed by atoms with Crippen molar-refractivity contribution < 1.29 is 14.3 Å². The second kappa shape index (κ2) is 8.89. The number of allylic oxidation sites excluding steroid dienone is 2. The number of ether oxygens (including phenoxy) is 2. The standard InChI is InChI=1S/C23H22N2O3S/c1-4-27-23(26)20-14(2)28-22(25)19(13-24)21(20)17-7-5-15(6-8-17)16-9-11-18(29-3)12-10-16/h5-12,21H,4,25H2,1-3H3. The van der Waals surface area contributed by atoms with Gasteiger partial charge in [0.2, 0.25) is 5.88 Å². The highest BCUT2D eigenvalue weighted by molar-refractivity contribution is 7.98. The van der Waals surface area contributed by atoms with Crippen LogP contribution >= 0.6 is 11.8 Å². The molecule has 29 heavy (non-hydrogen) atoms. The lowest BCUT2D eigenvalue weighted by molar-refractivity contribution is -0.139. The Hall–Kier alpha value is -3.17. The van der Waals surface area contributed by atoms with Gasteiger partial charge in [-0.1, -0.05) is 36.4 Å². The zero-order valence-corrected chi connectivity index (χ0v) is 17.4. The maximum Gasteiger partial charge on any atom is 0.338 e. The first-order chi connectivity index (χ1) is 14.0. The molecule has 2 N–H and O–H groups in total. The van der Waals surface area contributed by atoms with Gasteiger partial charge in [-0.3, -0.25) is 0 Å². The van der Waals surface area contributed by atoms with Gasteiger partial charge >= 0.3 is 5.97 Å². The van der Waals surface area contributed by atoms with Crippen molar-refractivity contribution >= 4 is 17.7 Å². The maximum atomic E-state index is 12.6. The molecule has 1 aliphatic heterocycles. The van der Waals surface area contributed by atoms with Crippen molar-refractivity contribution in [3.05, 3.63) is 76.9 Å². The van der Waals surface area contributed by atoms with Crippen LogP contribution in [0.2, 0.25) is 0 Å². The monoisotopic (exact) mass is 406 g/mol. The van der Waals surface area contributed by atoms with Crippen LogP contribution in [0.5, 0.6) is 0 Å². The Morgan fingerprint density at radius 3 is 2.28 bits per heavy atom. The third-order valence-electron chi connectivity index (χ3n) is 4.77. The van der Waals surface area contributed by atoms with Crippen LogP contribution in [0.1, 0.15) is 25.3 Å².